The summed E-state index contributed by atoms with van der Waals surface area (Å²) in [5.41, 5.74) is 1.66. The van der Waals surface area contributed by atoms with Gasteiger partial charge < -0.3 is 5.32 Å². The van der Waals surface area contributed by atoms with E-state index in [0.717, 1.165) is 15.5 Å². The van der Waals surface area contributed by atoms with Crippen molar-refractivity contribution in [3.05, 3.63) is 76.5 Å². The van der Waals surface area contributed by atoms with Crippen LogP contribution in [0.1, 0.15) is 5.56 Å². The van der Waals surface area contributed by atoms with E-state index in [2.05, 4.69) is 45.5 Å². The van der Waals surface area contributed by atoms with E-state index in [0.29, 0.717) is 12.1 Å². The maximum Gasteiger partial charge on any atom is 0.128 e. The molecular weight excluding hydrogens is 317 g/mol. The predicted octanol–water partition coefficient (Wildman–Crippen LogP) is 5.35. The highest BCUT2D eigenvalue weighted by Crippen LogP contribution is 2.23. The molecule has 0 heterocycles. The maximum absolute atomic E-state index is 13.5. The lowest BCUT2D eigenvalue weighted by Gasteiger charge is -2.08. The zero-order chi connectivity index (χ0) is 13.9. The third kappa shape index (κ3) is 2.83. The van der Waals surface area contributed by atoms with Gasteiger partial charge in [-0.25, -0.2) is 4.39 Å². The van der Waals surface area contributed by atoms with Crippen LogP contribution in [0, 0.1) is 5.82 Å². The molecule has 20 heavy (non-hydrogen) atoms. The van der Waals surface area contributed by atoms with E-state index in [1.807, 2.05) is 18.2 Å². The van der Waals surface area contributed by atoms with Crippen molar-refractivity contribution in [2.45, 2.75) is 6.54 Å². The molecule has 0 aliphatic carbocycles. The molecule has 0 bridgehead atoms. The SMILES string of the molecule is Fc1ccccc1CNc1ccc2cc(Br)ccc2c1. The first-order valence-electron chi connectivity index (χ1n) is 6.39. The van der Waals surface area contributed by atoms with Gasteiger partial charge in [-0.05, 0) is 41.1 Å². The monoisotopic (exact) mass is 329 g/mol. The lowest BCUT2D eigenvalue weighted by Crippen LogP contribution is -2.01. The molecular formula is C17H13BrFN. The molecule has 1 nitrogen and oxygen atoms in total. The Bertz CT molecular complexity index is 755. The first kappa shape index (κ1) is 13.1. The minimum absolute atomic E-state index is 0.176. The van der Waals surface area contributed by atoms with Crippen LogP contribution >= 0.6 is 15.9 Å². The second-order valence-electron chi connectivity index (χ2n) is 4.65. The summed E-state index contributed by atoms with van der Waals surface area (Å²) >= 11 is 3.46. The normalized spacial score (nSPS) is 10.7. The summed E-state index contributed by atoms with van der Waals surface area (Å²) in [6.07, 6.45) is 0. The van der Waals surface area contributed by atoms with Crippen molar-refractivity contribution < 1.29 is 4.39 Å². The molecule has 0 atom stereocenters. The Morgan fingerprint density at radius 1 is 0.900 bits per heavy atom. The first-order chi connectivity index (χ1) is 9.72. The number of nitrogens with one attached hydrogen (secondary N) is 1. The van der Waals surface area contributed by atoms with Crippen molar-refractivity contribution >= 4 is 32.4 Å². The quantitative estimate of drug-likeness (QED) is 0.682. The van der Waals surface area contributed by atoms with E-state index in [1.165, 1.54) is 11.5 Å². The molecule has 0 aliphatic heterocycles. The maximum atomic E-state index is 13.5. The van der Waals surface area contributed by atoms with E-state index in [4.69, 9.17) is 0 Å². The number of rotatable bonds is 3. The molecule has 100 valence electrons. The number of hydrogen-bond donors (Lipinski definition) is 1. The summed E-state index contributed by atoms with van der Waals surface area (Å²) in [7, 11) is 0. The second-order valence-corrected chi connectivity index (χ2v) is 5.57. The van der Waals surface area contributed by atoms with E-state index >= 15 is 0 Å². The Kier molecular flexibility index (Phi) is 3.70. The fourth-order valence-electron chi connectivity index (χ4n) is 2.17. The zero-order valence-corrected chi connectivity index (χ0v) is 12.3. The molecule has 0 radical (unpaired) electrons. The van der Waals surface area contributed by atoms with Gasteiger partial charge in [-0.1, -0.05) is 46.3 Å². The van der Waals surface area contributed by atoms with Gasteiger partial charge in [-0.15, -0.1) is 0 Å². The average Bonchev–Trinajstić information content (AvgIpc) is 2.46. The Hall–Kier alpha value is -1.87. The summed E-state index contributed by atoms with van der Waals surface area (Å²) in [5, 5.41) is 5.59. The van der Waals surface area contributed by atoms with Gasteiger partial charge in [0.25, 0.3) is 0 Å². The smallest absolute Gasteiger partial charge is 0.128 e. The fourth-order valence-corrected chi connectivity index (χ4v) is 2.54. The Morgan fingerprint density at radius 3 is 2.50 bits per heavy atom. The van der Waals surface area contributed by atoms with Crippen LogP contribution in [0.25, 0.3) is 10.8 Å². The summed E-state index contributed by atoms with van der Waals surface area (Å²) in [6.45, 7) is 0.481. The molecule has 3 aromatic carbocycles. The van der Waals surface area contributed by atoms with Crippen LogP contribution in [0.15, 0.2) is 65.1 Å². The van der Waals surface area contributed by atoms with Crippen molar-refractivity contribution in [3.8, 4) is 0 Å². The van der Waals surface area contributed by atoms with Crippen LogP contribution in [0.5, 0.6) is 0 Å². The topological polar surface area (TPSA) is 12.0 Å². The Morgan fingerprint density at radius 2 is 1.65 bits per heavy atom. The fraction of sp³-hybridized carbons (Fsp3) is 0.0588. The highest BCUT2D eigenvalue weighted by molar-refractivity contribution is 9.10. The first-order valence-corrected chi connectivity index (χ1v) is 7.18. The summed E-state index contributed by atoms with van der Waals surface area (Å²) in [4.78, 5) is 0. The Labute approximate surface area is 125 Å². The number of hydrogen-bond acceptors (Lipinski definition) is 1. The number of benzene rings is 3. The number of fused-ring (bicyclic) bond motifs is 1. The van der Waals surface area contributed by atoms with Gasteiger partial charge in [0.15, 0.2) is 0 Å². The molecule has 0 amide bonds. The van der Waals surface area contributed by atoms with Gasteiger partial charge in [0.05, 0.1) is 0 Å². The number of halogens is 2. The van der Waals surface area contributed by atoms with Gasteiger partial charge in [0.2, 0.25) is 0 Å². The summed E-state index contributed by atoms with van der Waals surface area (Å²) in [5.74, 6) is -0.176. The molecule has 0 aliphatic rings. The number of anilines is 1. The molecule has 0 fully saturated rings. The minimum Gasteiger partial charge on any atom is -0.381 e. The van der Waals surface area contributed by atoms with Crippen LogP contribution in [-0.4, -0.2) is 0 Å². The molecule has 3 aromatic rings. The largest absolute Gasteiger partial charge is 0.381 e. The van der Waals surface area contributed by atoms with Crippen molar-refractivity contribution in [1.82, 2.24) is 0 Å². The molecule has 0 aromatic heterocycles. The molecule has 0 spiro atoms. The summed E-state index contributed by atoms with van der Waals surface area (Å²) in [6, 6.07) is 19.1. The second kappa shape index (κ2) is 5.63. The molecule has 0 saturated heterocycles. The summed E-state index contributed by atoms with van der Waals surface area (Å²) < 4.78 is 14.6. The highest BCUT2D eigenvalue weighted by Gasteiger charge is 2.01. The molecule has 1 N–H and O–H groups in total. The lowest BCUT2D eigenvalue weighted by molar-refractivity contribution is 0.613. The molecule has 3 heteroatoms. The van der Waals surface area contributed by atoms with Gasteiger partial charge >= 0.3 is 0 Å². The lowest BCUT2D eigenvalue weighted by atomic mass is 10.1. The van der Waals surface area contributed by atoms with Gasteiger partial charge in [0.1, 0.15) is 5.82 Å². The highest BCUT2D eigenvalue weighted by atomic mass is 79.9. The zero-order valence-electron chi connectivity index (χ0n) is 10.7. The van der Waals surface area contributed by atoms with Gasteiger partial charge in [0, 0.05) is 22.3 Å². The standard InChI is InChI=1S/C17H13BrFN/c18-15-7-5-13-10-16(8-6-12(13)9-15)20-11-14-3-1-2-4-17(14)19/h1-10,20H,11H2. The van der Waals surface area contributed by atoms with E-state index in [-0.39, 0.29) is 5.82 Å². The van der Waals surface area contributed by atoms with Crippen LogP contribution in [0.2, 0.25) is 0 Å². The van der Waals surface area contributed by atoms with Crippen LogP contribution in [-0.2, 0) is 6.54 Å². The van der Waals surface area contributed by atoms with Crippen molar-refractivity contribution in [3.63, 3.8) is 0 Å². The Balaban J connectivity index is 1.81. The molecule has 0 unspecified atom stereocenters. The van der Waals surface area contributed by atoms with Crippen molar-refractivity contribution in [2.24, 2.45) is 0 Å². The predicted molar refractivity (Wildman–Crippen MR) is 85.4 cm³/mol. The minimum atomic E-state index is -0.176. The van der Waals surface area contributed by atoms with Gasteiger partial charge in [-0.3, -0.25) is 0 Å². The third-order valence-electron chi connectivity index (χ3n) is 3.24. The van der Waals surface area contributed by atoms with Crippen molar-refractivity contribution in [2.75, 3.05) is 5.32 Å². The van der Waals surface area contributed by atoms with Crippen LogP contribution < -0.4 is 5.32 Å². The third-order valence-corrected chi connectivity index (χ3v) is 3.74. The molecule has 0 saturated carbocycles. The molecule has 3 rings (SSSR count). The van der Waals surface area contributed by atoms with E-state index in [1.54, 1.807) is 12.1 Å². The van der Waals surface area contributed by atoms with E-state index < -0.39 is 0 Å². The van der Waals surface area contributed by atoms with E-state index in [9.17, 15) is 4.39 Å². The van der Waals surface area contributed by atoms with Crippen molar-refractivity contribution in [1.29, 1.82) is 0 Å². The van der Waals surface area contributed by atoms with Crippen LogP contribution in [0.4, 0.5) is 10.1 Å². The average molecular weight is 330 g/mol. The van der Waals surface area contributed by atoms with Crippen LogP contribution in [0.3, 0.4) is 0 Å². The van der Waals surface area contributed by atoms with Gasteiger partial charge in [-0.2, -0.15) is 0 Å².